The summed E-state index contributed by atoms with van der Waals surface area (Å²) >= 11 is 0. The van der Waals surface area contributed by atoms with Crippen LogP contribution in [0.3, 0.4) is 0 Å². The van der Waals surface area contributed by atoms with Crippen LogP contribution in [-0.2, 0) is 0 Å². The Morgan fingerprint density at radius 2 is 1.87 bits per heavy atom. The molecule has 0 radical (unpaired) electrons. The van der Waals surface area contributed by atoms with Gasteiger partial charge in [-0.3, -0.25) is 4.98 Å². The van der Waals surface area contributed by atoms with Crippen molar-refractivity contribution < 1.29 is 4.39 Å². The Hall–Kier alpha value is -2.76. The highest BCUT2D eigenvalue weighted by atomic mass is 19.1. The summed E-state index contributed by atoms with van der Waals surface area (Å²) in [6, 6.07) is 8.91. The maximum Gasteiger partial charge on any atom is 0.180 e. The molecular formula is C17H18FN5. The van der Waals surface area contributed by atoms with Gasteiger partial charge in [-0.25, -0.2) is 14.4 Å². The van der Waals surface area contributed by atoms with Gasteiger partial charge < -0.3 is 10.2 Å². The molecule has 0 bridgehead atoms. The van der Waals surface area contributed by atoms with Gasteiger partial charge in [-0.05, 0) is 44.2 Å². The van der Waals surface area contributed by atoms with Gasteiger partial charge in [0.05, 0.1) is 5.69 Å². The van der Waals surface area contributed by atoms with Crippen molar-refractivity contribution in [2.45, 2.75) is 19.9 Å². The van der Waals surface area contributed by atoms with Crippen LogP contribution < -0.4 is 10.2 Å². The SMILES string of the molecule is CC(C)N(C)c1ccc(Nc2ccc3nccnc3n2)cc1F. The Morgan fingerprint density at radius 3 is 2.61 bits per heavy atom. The standard InChI is InChI=1S/C17H18FN5/c1-11(2)23(3)15-6-4-12(10-13(15)18)21-16-7-5-14-17(22-16)20-9-8-19-14/h4-11H,1-3H3,(H,20,21,22). The van der Waals surface area contributed by atoms with Crippen LogP contribution in [0.25, 0.3) is 11.2 Å². The summed E-state index contributed by atoms with van der Waals surface area (Å²) in [5.74, 6) is 0.328. The lowest BCUT2D eigenvalue weighted by molar-refractivity contribution is 0.614. The van der Waals surface area contributed by atoms with E-state index in [1.165, 1.54) is 6.07 Å². The fraction of sp³-hybridized carbons (Fsp3) is 0.235. The summed E-state index contributed by atoms with van der Waals surface area (Å²) in [7, 11) is 1.87. The van der Waals surface area contributed by atoms with Crippen molar-refractivity contribution >= 4 is 28.4 Å². The third-order valence-corrected chi connectivity index (χ3v) is 3.71. The number of halogens is 1. The van der Waals surface area contributed by atoms with E-state index in [0.29, 0.717) is 22.8 Å². The topological polar surface area (TPSA) is 53.9 Å². The molecule has 3 aromatic rings. The number of benzene rings is 1. The van der Waals surface area contributed by atoms with Crippen molar-refractivity contribution in [1.82, 2.24) is 15.0 Å². The molecule has 118 valence electrons. The lowest BCUT2D eigenvalue weighted by Gasteiger charge is -2.24. The minimum absolute atomic E-state index is 0.226. The van der Waals surface area contributed by atoms with Gasteiger partial charge in [0.1, 0.15) is 17.2 Å². The third-order valence-electron chi connectivity index (χ3n) is 3.71. The summed E-state index contributed by atoms with van der Waals surface area (Å²) in [5, 5.41) is 3.09. The first-order chi connectivity index (χ1) is 11.0. The molecule has 0 saturated carbocycles. The summed E-state index contributed by atoms with van der Waals surface area (Å²) < 4.78 is 14.3. The predicted octanol–water partition coefficient (Wildman–Crippen LogP) is 3.75. The zero-order valence-electron chi connectivity index (χ0n) is 13.3. The van der Waals surface area contributed by atoms with Crippen molar-refractivity contribution in [2.75, 3.05) is 17.3 Å². The van der Waals surface area contributed by atoms with Crippen molar-refractivity contribution in [2.24, 2.45) is 0 Å². The monoisotopic (exact) mass is 311 g/mol. The number of pyridine rings is 1. The van der Waals surface area contributed by atoms with E-state index in [0.717, 1.165) is 5.52 Å². The molecule has 0 aliphatic carbocycles. The molecule has 0 atom stereocenters. The Balaban J connectivity index is 1.85. The highest BCUT2D eigenvalue weighted by Gasteiger charge is 2.11. The van der Waals surface area contributed by atoms with Crippen LogP contribution in [0, 0.1) is 5.82 Å². The molecule has 2 aromatic heterocycles. The molecule has 5 nitrogen and oxygen atoms in total. The lowest BCUT2D eigenvalue weighted by Crippen LogP contribution is -2.26. The molecule has 0 fully saturated rings. The summed E-state index contributed by atoms with van der Waals surface area (Å²) in [5.41, 5.74) is 2.48. The van der Waals surface area contributed by atoms with Crippen LogP contribution in [0.1, 0.15) is 13.8 Å². The molecule has 1 aromatic carbocycles. The van der Waals surface area contributed by atoms with Gasteiger partial charge in [0.25, 0.3) is 0 Å². The molecular weight excluding hydrogens is 293 g/mol. The number of nitrogens with zero attached hydrogens (tertiary/aromatic N) is 4. The van der Waals surface area contributed by atoms with Crippen LogP contribution in [-0.4, -0.2) is 28.0 Å². The molecule has 0 spiro atoms. The summed E-state index contributed by atoms with van der Waals surface area (Å²) in [6.07, 6.45) is 3.21. The number of anilines is 3. The second kappa shape index (κ2) is 6.16. The molecule has 6 heteroatoms. The molecule has 23 heavy (non-hydrogen) atoms. The third kappa shape index (κ3) is 3.21. The average Bonchev–Trinajstić information content (AvgIpc) is 2.54. The van der Waals surface area contributed by atoms with Crippen LogP contribution >= 0.6 is 0 Å². The quantitative estimate of drug-likeness (QED) is 0.795. The molecule has 0 aliphatic rings. The number of hydrogen-bond acceptors (Lipinski definition) is 5. The number of aromatic nitrogens is 3. The minimum atomic E-state index is -0.271. The number of nitrogens with one attached hydrogen (secondary N) is 1. The van der Waals surface area contributed by atoms with E-state index in [1.807, 2.05) is 37.9 Å². The molecule has 3 rings (SSSR count). The molecule has 0 saturated heterocycles. The van der Waals surface area contributed by atoms with E-state index in [4.69, 9.17) is 0 Å². The Kier molecular flexibility index (Phi) is 4.06. The first kappa shape index (κ1) is 15.1. The van der Waals surface area contributed by atoms with E-state index in [-0.39, 0.29) is 11.9 Å². The van der Waals surface area contributed by atoms with Gasteiger partial charge in [0, 0.05) is 31.2 Å². The maximum absolute atomic E-state index is 14.3. The highest BCUT2D eigenvalue weighted by Crippen LogP contribution is 2.25. The Morgan fingerprint density at radius 1 is 1.09 bits per heavy atom. The van der Waals surface area contributed by atoms with Gasteiger partial charge in [-0.1, -0.05) is 0 Å². The van der Waals surface area contributed by atoms with Crippen molar-refractivity contribution in [3.05, 3.63) is 48.5 Å². The predicted molar refractivity (Wildman–Crippen MR) is 90.6 cm³/mol. The molecule has 0 unspecified atom stereocenters. The van der Waals surface area contributed by atoms with Gasteiger partial charge >= 0.3 is 0 Å². The van der Waals surface area contributed by atoms with Gasteiger partial charge in [0.15, 0.2) is 5.65 Å². The smallest absolute Gasteiger partial charge is 0.180 e. The molecule has 2 heterocycles. The van der Waals surface area contributed by atoms with Gasteiger partial charge in [-0.15, -0.1) is 0 Å². The second-order valence-corrected chi connectivity index (χ2v) is 5.59. The first-order valence-corrected chi connectivity index (χ1v) is 7.42. The van der Waals surface area contributed by atoms with Crippen molar-refractivity contribution in [3.8, 4) is 0 Å². The molecule has 0 amide bonds. The normalized spacial score (nSPS) is 11.0. The number of hydrogen-bond donors (Lipinski definition) is 1. The maximum atomic E-state index is 14.3. The Labute approximate surface area is 134 Å². The lowest BCUT2D eigenvalue weighted by atomic mass is 10.2. The van der Waals surface area contributed by atoms with E-state index in [1.54, 1.807) is 24.5 Å². The zero-order chi connectivity index (χ0) is 16.4. The van der Waals surface area contributed by atoms with E-state index < -0.39 is 0 Å². The van der Waals surface area contributed by atoms with Crippen LogP contribution in [0.4, 0.5) is 21.6 Å². The highest BCUT2D eigenvalue weighted by molar-refractivity contribution is 5.73. The second-order valence-electron chi connectivity index (χ2n) is 5.59. The van der Waals surface area contributed by atoms with E-state index >= 15 is 0 Å². The van der Waals surface area contributed by atoms with Gasteiger partial charge in [-0.2, -0.15) is 0 Å². The van der Waals surface area contributed by atoms with Gasteiger partial charge in [0.2, 0.25) is 0 Å². The minimum Gasteiger partial charge on any atom is -0.370 e. The van der Waals surface area contributed by atoms with E-state index in [9.17, 15) is 4.39 Å². The molecule has 1 N–H and O–H groups in total. The average molecular weight is 311 g/mol. The van der Waals surface area contributed by atoms with Crippen LogP contribution in [0.2, 0.25) is 0 Å². The summed E-state index contributed by atoms with van der Waals surface area (Å²) in [4.78, 5) is 14.6. The van der Waals surface area contributed by atoms with E-state index in [2.05, 4.69) is 20.3 Å². The van der Waals surface area contributed by atoms with Crippen molar-refractivity contribution in [3.63, 3.8) is 0 Å². The van der Waals surface area contributed by atoms with Crippen LogP contribution in [0.15, 0.2) is 42.7 Å². The Bertz CT molecular complexity index is 834. The fourth-order valence-electron chi connectivity index (χ4n) is 2.22. The molecule has 0 aliphatic heterocycles. The summed E-state index contributed by atoms with van der Waals surface area (Å²) in [6.45, 7) is 4.04. The largest absolute Gasteiger partial charge is 0.370 e. The number of rotatable bonds is 4. The fourth-order valence-corrected chi connectivity index (χ4v) is 2.22. The van der Waals surface area contributed by atoms with Crippen LogP contribution in [0.5, 0.6) is 0 Å². The van der Waals surface area contributed by atoms with Crippen molar-refractivity contribution in [1.29, 1.82) is 0 Å². The first-order valence-electron chi connectivity index (χ1n) is 7.42. The zero-order valence-corrected chi connectivity index (χ0v) is 13.3. The number of fused-ring (bicyclic) bond motifs is 1.